The van der Waals surface area contributed by atoms with E-state index < -0.39 is 0 Å². The molecule has 8 heteroatoms. The molecule has 4 rings (SSSR count). The molecule has 0 unspecified atom stereocenters. The molecule has 2 saturated heterocycles. The number of thiophene rings is 1. The predicted molar refractivity (Wildman–Crippen MR) is 129 cm³/mol. The second-order valence-corrected chi connectivity index (χ2v) is 10.3. The van der Waals surface area contributed by atoms with Gasteiger partial charge in [0.1, 0.15) is 4.88 Å². The zero-order chi connectivity index (χ0) is 22.0. The molecule has 1 aromatic carbocycles. The number of carbonyl (C=O) groups is 1. The summed E-state index contributed by atoms with van der Waals surface area (Å²) in [6, 6.07) is 8.17. The van der Waals surface area contributed by atoms with Crippen molar-refractivity contribution in [2.75, 3.05) is 46.4 Å². The van der Waals surface area contributed by atoms with E-state index in [4.69, 9.17) is 33.7 Å². The van der Waals surface area contributed by atoms with E-state index >= 15 is 0 Å². The molecule has 5 nitrogen and oxygen atoms in total. The first-order valence-corrected chi connectivity index (χ1v) is 12.4. The van der Waals surface area contributed by atoms with Crippen molar-refractivity contribution >= 4 is 40.4 Å². The third-order valence-corrected chi connectivity index (χ3v) is 8.23. The summed E-state index contributed by atoms with van der Waals surface area (Å²) in [4.78, 5) is 18.6. The Kier molecular flexibility index (Phi) is 7.57. The highest BCUT2D eigenvalue weighted by atomic mass is 35.5. The van der Waals surface area contributed by atoms with E-state index in [1.165, 1.54) is 16.9 Å². The van der Waals surface area contributed by atoms with Gasteiger partial charge in [-0.3, -0.25) is 4.79 Å². The van der Waals surface area contributed by atoms with Crippen LogP contribution in [0.5, 0.6) is 0 Å². The first kappa shape index (κ1) is 23.0. The largest absolute Gasteiger partial charge is 0.383 e. The lowest BCUT2D eigenvalue weighted by molar-refractivity contribution is 0.0796. The lowest BCUT2D eigenvalue weighted by Crippen LogP contribution is -2.35. The van der Waals surface area contributed by atoms with Gasteiger partial charge in [-0.1, -0.05) is 35.3 Å². The number of amides is 1. The van der Waals surface area contributed by atoms with Crippen molar-refractivity contribution in [2.24, 2.45) is 5.73 Å². The van der Waals surface area contributed by atoms with Crippen LogP contribution >= 0.6 is 34.5 Å². The van der Waals surface area contributed by atoms with Crippen LogP contribution in [0.3, 0.4) is 0 Å². The van der Waals surface area contributed by atoms with E-state index in [9.17, 15) is 4.79 Å². The molecule has 0 aliphatic carbocycles. The highest BCUT2D eigenvalue weighted by molar-refractivity contribution is 7.18. The van der Waals surface area contributed by atoms with Crippen LogP contribution in [0.25, 0.3) is 10.4 Å². The fourth-order valence-electron chi connectivity index (χ4n) is 4.47. The van der Waals surface area contributed by atoms with E-state index in [1.807, 2.05) is 12.1 Å². The third kappa shape index (κ3) is 5.27. The van der Waals surface area contributed by atoms with Crippen LogP contribution in [0, 0.1) is 0 Å². The number of benzene rings is 1. The molecule has 2 aromatic rings. The number of piperidine rings is 1. The number of halogens is 2. The Hall–Kier alpha value is -1.15. The zero-order valence-corrected chi connectivity index (χ0v) is 20.1. The number of hydrogen-bond donors (Lipinski definition) is 1. The van der Waals surface area contributed by atoms with E-state index in [0.717, 1.165) is 61.0 Å². The summed E-state index contributed by atoms with van der Waals surface area (Å²) in [7, 11) is 1.75. The molecule has 0 bridgehead atoms. The van der Waals surface area contributed by atoms with Gasteiger partial charge in [0.25, 0.3) is 5.91 Å². The number of nitrogens with two attached hydrogens (primary N) is 1. The summed E-state index contributed by atoms with van der Waals surface area (Å²) >= 11 is 14.6. The summed E-state index contributed by atoms with van der Waals surface area (Å²) in [6.07, 6.45) is 3.04. The van der Waals surface area contributed by atoms with E-state index in [-0.39, 0.29) is 11.9 Å². The molecule has 2 N–H and O–H groups in total. The van der Waals surface area contributed by atoms with Crippen LogP contribution in [0.1, 0.15) is 40.4 Å². The Morgan fingerprint density at radius 1 is 1.16 bits per heavy atom. The zero-order valence-electron chi connectivity index (χ0n) is 17.8. The Morgan fingerprint density at radius 3 is 2.58 bits per heavy atom. The molecule has 3 heterocycles. The number of methoxy groups -OCH3 is 1. The maximum Gasteiger partial charge on any atom is 0.265 e. The number of hydrogen-bond acceptors (Lipinski definition) is 5. The number of likely N-dealkylation sites (tertiary alicyclic amines) is 2. The fourth-order valence-corrected chi connectivity index (χ4v) is 6.19. The summed E-state index contributed by atoms with van der Waals surface area (Å²) in [5.41, 5.74) is 8.16. The molecule has 1 aromatic heterocycles. The first-order valence-electron chi connectivity index (χ1n) is 10.8. The van der Waals surface area contributed by atoms with Gasteiger partial charge in [-0.2, -0.15) is 0 Å². The first-order chi connectivity index (χ1) is 15.0. The van der Waals surface area contributed by atoms with Gasteiger partial charge in [0.05, 0.1) is 11.6 Å². The lowest BCUT2D eigenvalue weighted by Gasteiger charge is -2.32. The molecule has 168 valence electrons. The smallest absolute Gasteiger partial charge is 0.265 e. The van der Waals surface area contributed by atoms with E-state index in [0.29, 0.717) is 28.9 Å². The normalized spacial score (nSPS) is 20.5. The van der Waals surface area contributed by atoms with Crippen molar-refractivity contribution in [3.63, 3.8) is 0 Å². The highest BCUT2D eigenvalue weighted by Gasteiger charge is 2.28. The molecule has 0 radical (unpaired) electrons. The molecule has 0 saturated carbocycles. The summed E-state index contributed by atoms with van der Waals surface area (Å²) in [5, 5.41) is 1.28. The molecule has 2 aliphatic rings. The molecule has 0 spiro atoms. The Morgan fingerprint density at radius 2 is 1.94 bits per heavy atom. The van der Waals surface area contributed by atoms with Gasteiger partial charge >= 0.3 is 0 Å². The Labute approximate surface area is 198 Å². The second-order valence-electron chi connectivity index (χ2n) is 8.43. The molecule has 2 aliphatic heterocycles. The number of rotatable bonds is 6. The SMILES string of the molecule is COCCN1CCC(c2ccc(-c3cc(Cl)c(C(=O)N4CC[C@H](N)C4)s3)cc2Cl)CC1. The molecular formula is C23H29Cl2N3O2S. The molecule has 31 heavy (non-hydrogen) atoms. The van der Waals surface area contributed by atoms with Crippen molar-refractivity contribution < 1.29 is 9.53 Å². The summed E-state index contributed by atoms with van der Waals surface area (Å²) in [5.74, 6) is 0.445. The molecule has 2 fully saturated rings. The van der Waals surface area contributed by atoms with Crippen molar-refractivity contribution in [1.29, 1.82) is 0 Å². The van der Waals surface area contributed by atoms with E-state index in [1.54, 1.807) is 12.0 Å². The minimum Gasteiger partial charge on any atom is -0.383 e. The van der Waals surface area contributed by atoms with Gasteiger partial charge < -0.3 is 20.3 Å². The minimum absolute atomic E-state index is 0.0304. The van der Waals surface area contributed by atoms with Crippen LogP contribution in [0.4, 0.5) is 0 Å². The molecular weight excluding hydrogens is 453 g/mol. The maximum atomic E-state index is 12.8. The number of ether oxygens (including phenoxy) is 1. The van der Waals surface area contributed by atoms with Crippen LogP contribution < -0.4 is 5.73 Å². The van der Waals surface area contributed by atoms with Gasteiger partial charge in [0, 0.05) is 42.7 Å². The quantitative estimate of drug-likeness (QED) is 0.648. The second kappa shape index (κ2) is 10.2. The van der Waals surface area contributed by atoms with Crippen molar-refractivity contribution in [3.8, 4) is 10.4 Å². The van der Waals surface area contributed by atoms with Gasteiger partial charge in [0.2, 0.25) is 0 Å². The van der Waals surface area contributed by atoms with Crippen molar-refractivity contribution in [2.45, 2.75) is 31.2 Å². The van der Waals surface area contributed by atoms with Gasteiger partial charge in [0.15, 0.2) is 0 Å². The Bertz CT molecular complexity index is 928. The van der Waals surface area contributed by atoms with Crippen LogP contribution in [0.15, 0.2) is 24.3 Å². The maximum absolute atomic E-state index is 12.8. The van der Waals surface area contributed by atoms with Gasteiger partial charge in [-0.05, 0) is 61.5 Å². The molecule has 1 amide bonds. The van der Waals surface area contributed by atoms with Crippen molar-refractivity contribution in [3.05, 3.63) is 44.8 Å². The average molecular weight is 482 g/mol. The lowest BCUT2D eigenvalue weighted by atomic mass is 9.89. The number of nitrogens with zero attached hydrogens (tertiary/aromatic N) is 2. The highest BCUT2D eigenvalue weighted by Crippen LogP contribution is 2.39. The number of carbonyl (C=O) groups excluding carboxylic acids is 1. The van der Waals surface area contributed by atoms with Crippen LogP contribution in [-0.4, -0.2) is 68.2 Å². The summed E-state index contributed by atoms with van der Waals surface area (Å²) < 4.78 is 5.19. The Balaban J connectivity index is 1.46. The van der Waals surface area contributed by atoms with Crippen LogP contribution in [0.2, 0.25) is 10.0 Å². The minimum atomic E-state index is -0.0304. The van der Waals surface area contributed by atoms with E-state index in [2.05, 4.69) is 17.0 Å². The van der Waals surface area contributed by atoms with Crippen molar-refractivity contribution in [1.82, 2.24) is 9.80 Å². The predicted octanol–water partition coefficient (Wildman–Crippen LogP) is 4.72. The molecule has 1 atom stereocenters. The standard InChI is InChI=1S/C23H29Cl2N3O2S/c1-30-11-10-27-7-4-15(5-8-27)18-3-2-16(12-19(18)24)21-13-20(25)22(31-21)23(29)28-9-6-17(26)14-28/h2-3,12-13,15,17H,4-11,14,26H2,1H3/t17-/m0/s1. The fraction of sp³-hybridized carbons (Fsp3) is 0.522. The average Bonchev–Trinajstić information content (AvgIpc) is 3.38. The monoisotopic (exact) mass is 481 g/mol. The van der Waals surface area contributed by atoms with Crippen LogP contribution in [-0.2, 0) is 4.74 Å². The topological polar surface area (TPSA) is 58.8 Å². The third-order valence-electron chi connectivity index (χ3n) is 6.32. The van der Waals surface area contributed by atoms with Gasteiger partial charge in [-0.15, -0.1) is 11.3 Å². The summed E-state index contributed by atoms with van der Waals surface area (Å²) in [6.45, 7) is 5.18. The van der Waals surface area contributed by atoms with Gasteiger partial charge in [-0.25, -0.2) is 0 Å².